The van der Waals surface area contributed by atoms with Crippen LogP contribution in [-0.4, -0.2) is 36.1 Å². The topological polar surface area (TPSA) is 28.2 Å². The van der Waals surface area contributed by atoms with Crippen molar-refractivity contribution in [3.05, 3.63) is 9.98 Å². The maximum Gasteiger partial charge on any atom is 0.183 e. The Balaban J connectivity index is 1.97. The molecule has 0 atom stereocenters. The summed E-state index contributed by atoms with van der Waals surface area (Å²) in [5.41, 5.74) is 0.331. The molecule has 1 fully saturated rings. The minimum atomic E-state index is 0.331. The number of thiazole rings is 1. The Morgan fingerprint density at radius 1 is 1.50 bits per heavy atom. The molecule has 0 bridgehead atoms. The third-order valence-corrected chi connectivity index (χ3v) is 5.04. The monoisotopic (exact) mass is 303 g/mol. The third kappa shape index (κ3) is 2.57. The van der Waals surface area contributed by atoms with Crippen molar-refractivity contribution >= 4 is 32.4 Å². The number of nitrogens with one attached hydrogen (secondary N) is 1. The number of aromatic nitrogens is 1. The molecule has 90 valence electrons. The van der Waals surface area contributed by atoms with Gasteiger partial charge in [0.15, 0.2) is 5.13 Å². The first kappa shape index (κ1) is 12.3. The van der Waals surface area contributed by atoms with E-state index in [2.05, 4.69) is 45.2 Å². The molecule has 0 spiro atoms. The summed E-state index contributed by atoms with van der Waals surface area (Å²) in [6.07, 6.45) is 5.28. The van der Waals surface area contributed by atoms with Crippen molar-refractivity contribution in [2.24, 2.45) is 0 Å². The van der Waals surface area contributed by atoms with Crippen LogP contribution in [0.2, 0.25) is 0 Å². The maximum atomic E-state index is 4.37. The Hall–Kier alpha value is -0.130. The number of hydrogen-bond donors (Lipinski definition) is 1. The fourth-order valence-electron chi connectivity index (χ4n) is 2.39. The predicted molar refractivity (Wildman–Crippen MR) is 73.2 cm³/mol. The molecular formula is C11H18BrN3S. The van der Waals surface area contributed by atoms with E-state index >= 15 is 0 Å². The summed E-state index contributed by atoms with van der Waals surface area (Å²) < 4.78 is 0.922. The number of anilines is 1. The van der Waals surface area contributed by atoms with Crippen LogP contribution in [0.5, 0.6) is 0 Å². The van der Waals surface area contributed by atoms with Gasteiger partial charge in [-0.1, -0.05) is 12.8 Å². The zero-order valence-corrected chi connectivity index (χ0v) is 12.2. The van der Waals surface area contributed by atoms with Crippen LogP contribution in [0.25, 0.3) is 0 Å². The summed E-state index contributed by atoms with van der Waals surface area (Å²) in [7, 11) is 4.37. The Labute approximate surface area is 109 Å². The molecule has 2 rings (SSSR count). The standard InChI is InChI=1S/C11H18BrN3S/c1-15(2)11(5-3-4-6-11)8-13-10-14-9(12)7-16-10/h7H,3-6,8H2,1-2H3,(H,13,14). The molecule has 0 saturated heterocycles. The number of nitrogens with zero attached hydrogens (tertiary/aromatic N) is 2. The maximum absolute atomic E-state index is 4.37. The van der Waals surface area contributed by atoms with E-state index in [4.69, 9.17) is 0 Å². The molecule has 1 aliphatic carbocycles. The van der Waals surface area contributed by atoms with Crippen molar-refractivity contribution in [1.29, 1.82) is 0 Å². The van der Waals surface area contributed by atoms with Crippen LogP contribution in [0.3, 0.4) is 0 Å². The minimum absolute atomic E-state index is 0.331. The van der Waals surface area contributed by atoms with Gasteiger partial charge in [0, 0.05) is 17.5 Å². The second-order valence-corrected chi connectivity index (χ2v) is 6.33. The van der Waals surface area contributed by atoms with Gasteiger partial charge in [-0.3, -0.25) is 0 Å². The van der Waals surface area contributed by atoms with Crippen molar-refractivity contribution in [3.8, 4) is 0 Å². The van der Waals surface area contributed by atoms with Crippen LogP contribution in [0, 0.1) is 0 Å². The molecule has 1 aromatic rings. The van der Waals surface area contributed by atoms with E-state index in [1.165, 1.54) is 25.7 Å². The van der Waals surface area contributed by atoms with Crippen LogP contribution >= 0.6 is 27.3 Å². The number of halogens is 1. The highest BCUT2D eigenvalue weighted by atomic mass is 79.9. The molecule has 1 aliphatic rings. The fraction of sp³-hybridized carbons (Fsp3) is 0.727. The first-order chi connectivity index (χ1) is 7.62. The minimum Gasteiger partial charge on any atom is -0.360 e. The third-order valence-electron chi connectivity index (χ3n) is 3.53. The summed E-state index contributed by atoms with van der Waals surface area (Å²) in [4.78, 5) is 6.74. The lowest BCUT2D eigenvalue weighted by Gasteiger charge is -2.36. The van der Waals surface area contributed by atoms with Gasteiger partial charge in [-0.15, -0.1) is 11.3 Å². The van der Waals surface area contributed by atoms with Gasteiger partial charge in [-0.25, -0.2) is 4.98 Å². The lowest BCUT2D eigenvalue weighted by molar-refractivity contribution is 0.172. The van der Waals surface area contributed by atoms with Crippen molar-refractivity contribution in [2.75, 3.05) is 26.0 Å². The molecule has 5 heteroatoms. The highest BCUT2D eigenvalue weighted by Gasteiger charge is 2.35. The average molecular weight is 304 g/mol. The van der Waals surface area contributed by atoms with Gasteiger partial charge in [-0.05, 0) is 42.9 Å². The number of hydrogen-bond acceptors (Lipinski definition) is 4. The second-order valence-electron chi connectivity index (χ2n) is 4.65. The van der Waals surface area contributed by atoms with E-state index in [-0.39, 0.29) is 0 Å². The lowest BCUT2D eigenvalue weighted by Crippen LogP contribution is -2.47. The number of rotatable bonds is 4. The highest BCUT2D eigenvalue weighted by Crippen LogP contribution is 2.34. The molecule has 0 aliphatic heterocycles. The average Bonchev–Trinajstić information content (AvgIpc) is 2.84. The van der Waals surface area contributed by atoms with Crippen LogP contribution in [0.15, 0.2) is 9.98 Å². The van der Waals surface area contributed by atoms with Crippen LogP contribution < -0.4 is 5.32 Å². The SMILES string of the molecule is CN(C)C1(CNc2nc(Br)cs2)CCCC1. The van der Waals surface area contributed by atoms with Crippen LogP contribution in [-0.2, 0) is 0 Å². The van der Waals surface area contributed by atoms with Crippen molar-refractivity contribution in [3.63, 3.8) is 0 Å². The Kier molecular flexibility index (Phi) is 3.87. The quantitative estimate of drug-likeness (QED) is 0.926. The molecule has 16 heavy (non-hydrogen) atoms. The van der Waals surface area contributed by atoms with Gasteiger partial charge >= 0.3 is 0 Å². The molecule has 1 saturated carbocycles. The van der Waals surface area contributed by atoms with Gasteiger partial charge in [-0.2, -0.15) is 0 Å². The normalized spacial score (nSPS) is 19.2. The predicted octanol–water partition coefficient (Wildman–Crippen LogP) is 3.19. The largest absolute Gasteiger partial charge is 0.360 e. The highest BCUT2D eigenvalue weighted by molar-refractivity contribution is 9.10. The molecule has 1 heterocycles. The van der Waals surface area contributed by atoms with Crippen LogP contribution in [0.1, 0.15) is 25.7 Å². The van der Waals surface area contributed by atoms with E-state index in [1.54, 1.807) is 11.3 Å². The zero-order valence-electron chi connectivity index (χ0n) is 9.79. The molecule has 1 N–H and O–H groups in total. The van der Waals surface area contributed by atoms with Crippen molar-refractivity contribution < 1.29 is 0 Å². The van der Waals surface area contributed by atoms with Gasteiger partial charge in [0.2, 0.25) is 0 Å². The van der Waals surface area contributed by atoms with Crippen molar-refractivity contribution in [2.45, 2.75) is 31.2 Å². The zero-order chi connectivity index (χ0) is 11.6. The van der Waals surface area contributed by atoms with Gasteiger partial charge in [0.25, 0.3) is 0 Å². The molecule has 1 aromatic heterocycles. The molecule has 0 radical (unpaired) electrons. The van der Waals surface area contributed by atoms with Gasteiger partial charge in [0.05, 0.1) is 0 Å². The summed E-state index contributed by atoms with van der Waals surface area (Å²) in [6.45, 7) is 1.000. The number of likely N-dealkylation sites (N-methyl/N-ethyl adjacent to an activating group) is 1. The summed E-state index contributed by atoms with van der Waals surface area (Å²) >= 11 is 5.03. The Bertz CT molecular complexity index is 345. The lowest BCUT2D eigenvalue weighted by atomic mass is 9.96. The first-order valence-electron chi connectivity index (χ1n) is 5.65. The van der Waals surface area contributed by atoms with Crippen molar-refractivity contribution in [1.82, 2.24) is 9.88 Å². The summed E-state index contributed by atoms with van der Waals surface area (Å²) in [5.74, 6) is 0. The van der Waals surface area contributed by atoms with E-state index in [9.17, 15) is 0 Å². The summed E-state index contributed by atoms with van der Waals surface area (Å²) in [5, 5.41) is 6.49. The fourth-order valence-corrected chi connectivity index (χ4v) is 3.53. The van der Waals surface area contributed by atoms with E-state index < -0.39 is 0 Å². The first-order valence-corrected chi connectivity index (χ1v) is 7.32. The Morgan fingerprint density at radius 2 is 2.19 bits per heavy atom. The van der Waals surface area contributed by atoms with Gasteiger partial charge < -0.3 is 10.2 Å². The molecule has 0 aromatic carbocycles. The van der Waals surface area contributed by atoms with E-state index in [0.717, 1.165) is 16.3 Å². The molecule has 0 unspecified atom stereocenters. The molecule has 0 amide bonds. The Morgan fingerprint density at radius 3 is 2.69 bits per heavy atom. The van der Waals surface area contributed by atoms with E-state index in [0.29, 0.717) is 5.54 Å². The summed E-state index contributed by atoms with van der Waals surface area (Å²) in [6, 6.07) is 0. The molecular weight excluding hydrogens is 286 g/mol. The molecule has 3 nitrogen and oxygen atoms in total. The second kappa shape index (κ2) is 5.02. The van der Waals surface area contributed by atoms with Gasteiger partial charge in [0.1, 0.15) is 4.60 Å². The van der Waals surface area contributed by atoms with Crippen LogP contribution in [0.4, 0.5) is 5.13 Å². The van der Waals surface area contributed by atoms with E-state index in [1.807, 2.05) is 5.38 Å². The smallest absolute Gasteiger partial charge is 0.183 e.